The predicted octanol–water partition coefficient (Wildman–Crippen LogP) is 11.8. The van der Waals surface area contributed by atoms with Crippen molar-refractivity contribution < 1.29 is 0 Å². The topological polar surface area (TPSA) is 6.48 Å². The van der Waals surface area contributed by atoms with E-state index < -0.39 is 0 Å². The van der Waals surface area contributed by atoms with Crippen molar-refractivity contribution in [1.29, 1.82) is 0 Å². The highest BCUT2D eigenvalue weighted by Gasteiger charge is 2.21. The van der Waals surface area contributed by atoms with Gasteiger partial charge in [0, 0.05) is 48.6 Å². The number of fused-ring (bicyclic) bond motifs is 5. The van der Waals surface area contributed by atoms with E-state index in [2.05, 4.69) is 161 Å². The summed E-state index contributed by atoms with van der Waals surface area (Å²) in [7, 11) is 0. The summed E-state index contributed by atoms with van der Waals surface area (Å²) in [6, 6.07) is 46.3. The van der Waals surface area contributed by atoms with Gasteiger partial charge >= 0.3 is 0 Å². The molecule has 8 rings (SSSR count). The highest BCUT2D eigenvalue weighted by Crippen LogP contribution is 2.47. The highest BCUT2D eigenvalue weighted by atomic mass is 32.1. The standard InChI is InChI=1S/C38H28N2S2/c1-5-13-27(14-6-1)39(28-15-7-2-8-16-28)31-21-23-33-35(25-31)41-38-34-24-22-32(26-36(34)42-37(33)38)40(29-17-9-3-10-18-29)30-19-11-4-12-20-30/h1-19,21-26,30H,20H2. The number of allylic oxidation sites excluding steroid dienone is 2. The maximum Gasteiger partial charge on any atom is 0.0559 e. The first-order valence-electron chi connectivity index (χ1n) is 14.3. The Bertz CT molecular complexity index is 2030. The fraction of sp³-hybridized carbons (Fsp3) is 0.0526. The molecule has 0 bridgehead atoms. The SMILES string of the molecule is C1=CCC(N(c2ccccc2)c2ccc3c(c2)sc2c4ccc(N(c5ccccc5)c5ccccc5)cc4sc32)C=C1. The fourth-order valence-electron chi connectivity index (χ4n) is 6.00. The molecule has 0 radical (unpaired) electrons. The zero-order valence-electron chi connectivity index (χ0n) is 22.9. The first-order chi connectivity index (χ1) is 20.8. The van der Waals surface area contributed by atoms with Gasteiger partial charge in [0.2, 0.25) is 0 Å². The van der Waals surface area contributed by atoms with E-state index in [0.717, 1.165) is 17.8 Å². The molecule has 0 N–H and O–H groups in total. The summed E-state index contributed by atoms with van der Waals surface area (Å²) in [5.41, 5.74) is 5.95. The van der Waals surface area contributed by atoms with Crippen LogP contribution >= 0.6 is 22.7 Å². The van der Waals surface area contributed by atoms with Crippen LogP contribution < -0.4 is 9.80 Å². The Morgan fingerprint density at radius 1 is 0.500 bits per heavy atom. The Morgan fingerprint density at radius 2 is 1.02 bits per heavy atom. The summed E-state index contributed by atoms with van der Waals surface area (Å²) < 4.78 is 5.42. The lowest BCUT2D eigenvalue weighted by Crippen LogP contribution is -2.29. The Hall–Kier alpha value is -4.64. The van der Waals surface area contributed by atoms with Crippen LogP contribution in [-0.2, 0) is 0 Å². The molecule has 4 heteroatoms. The predicted molar refractivity (Wildman–Crippen MR) is 185 cm³/mol. The third-order valence-electron chi connectivity index (χ3n) is 7.94. The molecule has 1 aliphatic carbocycles. The summed E-state index contributed by atoms with van der Waals surface area (Å²) in [4.78, 5) is 4.81. The second kappa shape index (κ2) is 10.6. The summed E-state index contributed by atoms with van der Waals surface area (Å²) in [6.07, 6.45) is 9.88. The number of nitrogens with zero attached hydrogens (tertiary/aromatic N) is 2. The third-order valence-corrected chi connectivity index (χ3v) is 10.4. The summed E-state index contributed by atoms with van der Waals surface area (Å²) in [6.45, 7) is 0. The van der Waals surface area contributed by atoms with Gasteiger partial charge in [-0.1, -0.05) is 91.0 Å². The number of thiophene rings is 2. The van der Waals surface area contributed by atoms with Crippen molar-refractivity contribution in [2.24, 2.45) is 0 Å². The van der Waals surface area contributed by atoms with E-state index in [4.69, 9.17) is 0 Å². The van der Waals surface area contributed by atoms with E-state index in [1.165, 1.54) is 46.6 Å². The molecule has 7 aromatic rings. The molecule has 1 aliphatic rings. The third kappa shape index (κ3) is 4.40. The van der Waals surface area contributed by atoms with E-state index >= 15 is 0 Å². The van der Waals surface area contributed by atoms with Crippen LogP contribution in [0.3, 0.4) is 0 Å². The lowest BCUT2D eigenvalue weighted by atomic mass is 10.0. The first-order valence-corrected chi connectivity index (χ1v) is 15.9. The van der Waals surface area contributed by atoms with Gasteiger partial charge in [-0.15, -0.1) is 22.7 Å². The molecule has 2 nitrogen and oxygen atoms in total. The molecule has 1 atom stereocenters. The van der Waals surface area contributed by atoms with Crippen molar-refractivity contribution in [1.82, 2.24) is 0 Å². The average Bonchev–Trinajstić information content (AvgIpc) is 3.59. The van der Waals surface area contributed by atoms with Gasteiger partial charge in [0.15, 0.2) is 0 Å². The Kier molecular flexibility index (Phi) is 6.36. The normalized spacial score (nSPS) is 14.6. The second-order valence-electron chi connectivity index (χ2n) is 10.6. The molecule has 1 unspecified atom stereocenters. The van der Waals surface area contributed by atoms with E-state index in [-0.39, 0.29) is 0 Å². The highest BCUT2D eigenvalue weighted by molar-refractivity contribution is 7.36. The maximum atomic E-state index is 2.47. The van der Waals surface area contributed by atoms with Crippen molar-refractivity contribution in [2.75, 3.05) is 9.80 Å². The monoisotopic (exact) mass is 576 g/mol. The molecule has 0 saturated carbocycles. The summed E-state index contributed by atoms with van der Waals surface area (Å²) >= 11 is 3.82. The molecule has 5 aromatic carbocycles. The van der Waals surface area contributed by atoms with Crippen LogP contribution in [0.4, 0.5) is 28.4 Å². The van der Waals surface area contributed by atoms with Crippen molar-refractivity contribution >= 4 is 80.7 Å². The van der Waals surface area contributed by atoms with Gasteiger partial charge in [-0.25, -0.2) is 0 Å². The minimum absolute atomic E-state index is 0.298. The van der Waals surface area contributed by atoms with Gasteiger partial charge in [-0.3, -0.25) is 0 Å². The Balaban J connectivity index is 1.22. The molecule has 0 aliphatic heterocycles. The van der Waals surface area contributed by atoms with Crippen molar-refractivity contribution in [3.8, 4) is 0 Å². The molecular weight excluding hydrogens is 549 g/mol. The summed E-state index contributed by atoms with van der Waals surface area (Å²) in [5.74, 6) is 0. The Labute approximate surface area is 253 Å². The molecule has 2 aromatic heterocycles. The average molecular weight is 577 g/mol. The van der Waals surface area contributed by atoms with Crippen molar-refractivity contribution in [2.45, 2.75) is 12.5 Å². The number of rotatable bonds is 6. The molecular formula is C38H28N2S2. The first kappa shape index (κ1) is 25.1. The van der Waals surface area contributed by atoms with E-state index in [1.54, 1.807) is 0 Å². The minimum Gasteiger partial charge on any atom is -0.334 e. The number of hydrogen-bond acceptors (Lipinski definition) is 4. The van der Waals surface area contributed by atoms with Gasteiger partial charge in [0.25, 0.3) is 0 Å². The van der Waals surface area contributed by atoms with Gasteiger partial charge in [-0.05, 0) is 67.1 Å². The van der Waals surface area contributed by atoms with Gasteiger partial charge in [0.1, 0.15) is 0 Å². The van der Waals surface area contributed by atoms with Gasteiger partial charge in [0.05, 0.1) is 15.4 Å². The van der Waals surface area contributed by atoms with Crippen LogP contribution in [0.1, 0.15) is 6.42 Å². The molecule has 202 valence electrons. The van der Waals surface area contributed by atoms with Gasteiger partial charge in [-0.2, -0.15) is 0 Å². The fourth-order valence-corrected chi connectivity index (χ4v) is 8.72. The van der Waals surface area contributed by atoms with Crippen LogP contribution in [0.25, 0.3) is 29.6 Å². The van der Waals surface area contributed by atoms with E-state index in [1.807, 2.05) is 22.7 Å². The minimum atomic E-state index is 0.298. The summed E-state index contributed by atoms with van der Waals surface area (Å²) in [5, 5.41) is 2.68. The van der Waals surface area contributed by atoms with Crippen LogP contribution in [0.5, 0.6) is 0 Å². The molecule has 0 amide bonds. The lowest BCUT2D eigenvalue weighted by molar-refractivity contribution is 0.785. The van der Waals surface area contributed by atoms with Gasteiger partial charge < -0.3 is 9.80 Å². The van der Waals surface area contributed by atoms with Crippen LogP contribution in [0.15, 0.2) is 152 Å². The molecule has 42 heavy (non-hydrogen) atoms. The lowest BCUT2D eigenvalue weighted by Gasteiger charge is -2.32. The molecule has 0 fully saturated rings. The number of hydrogen-bond donors (Lipinski definition) is 0. The molecule has 0 spiro atoms. The number of benzene rings is 5. The maximum absolute atomic E-state index is 2.47. The quantitative estimate of drug-likeness (QED) is 0.194. The zero-order valence-corrected chi connectivity index (χ0v) is 24.6. The van der Waals surface area contributed by atoms with Crippen LogP contribution in [0.2, 0.25) is 0 Å². The largest absolute Gasteiger partial charge is 0.334 e. The number of para-hydroxylation sites is 3. The Morgan fingerprint density at radius 3 is 1.57 bits per heavy atom. The van der Waals surface area contributed by atoms with Crippen molar-refractivity contribution in [3.63, 3.8) is 0 Å². The van der Waals surface area contributed by atoms with Crippen LogP contribution in [0, 0.1) is 0 Å². The van der Waals surface area contributed by atoms with E-state index in [0.29, 0.717) is 6.04 Å². The zero-order chi connectivity index (χ0) is 27.9. The van der Waals surface area contributed by atoms with E-state index in [9.17, 15) is 0 Å². The van der Waals surface area contributed by atoms with Crippen molar-refractivity contribution in [3.05, 3.63) is 152 Å². The molecule has 2 heterocycles. The van der Waals surface area contributed by atoms with Crippen LogP contribution in [-0.4, -0.2) is 6.04 Å². The smallest absolute Gasteiger partial charge is 0.0559 e. The number of anilines is 5. The molecule has 0 saturated heterocycles. The second-order valence-corrected chi connectivity index (χ2v) is 12.7.